The fraction of sp³-hybridized carbons (Fsp3) is 0.696. The Hall–Kier alpha value is -0.970. The summed E-state index contributed by atoms with van der Waals surface area (Å²) >= 11 is 7.85. The zero-order valence-corrected chi connectivity index (χ0v) is 40.1. The van der Waals surface area contributed by atoms with Crippen LogP contribution in [0.3, 0.4) is 0 Å². The first-order valence-electron chi connectivity index (χ1n) is 22.0. The van der Waals surface area contributed by atoms with Crippen LogP contribution in [0.25, 0.3) is 28.9 Å². The van der Waals surface area contributed by atoms with Crippen molar-refractivity contribution in [1.82, 2.24) is 0 Å². The van der Waals surface area contributed by atoms with Gasteiger partial charge in [-0.25, -0.2) is 0 Å². The van der Waals surface area contributed by atoms with Gasteiger partial charge in [-0.2, -0.15) is 0 Å². The molecular weight excluding hydrogens is 766 g/mol. The summed E-state index contributed by atoms with van der Waals surface area (Å²) in [4.78, 5) is 5.64. The molecule has 2 fully saturated rings. The normalized spacial score (nSPS) is 19.8. The average Bonchev–Trinajstić information content (AvgIpc) is 3.98. The van der Waals surface area contributed by atoms with E-state index >= 15 is 0 Å². The van der Waals surface area contributed by atoms with Crippen LogP contribution < -0.4 is 9.55 Å². The molecule has 0 N–H and O–H groups in total. The van der Waals surface area contributed by atoms with Gasteiger partial charge in [-0.05, 0) is 116 Å². The monoisotopic (exact) mass is 836 g/mol. The molecule has 0 aliphatic carbocycles. The van der Waals surface area contributed by atoms with Gasteiger partial charge >= 0.3 is 14.2 Å². The van der Waals surface area contributed by atoms with Gasteiger partial charge in [0.2, 0.25) is 0 Å². The molecule has 0 radical (unpaired) electrons. The number of rotatable bonds is 20. The highest BCUT2D eigenvalue weighted by atomic mass is 32.1. The number of unbranched alkanes of at least 4 members (excludes halogenated alkanes) is 2. The molecule has 2 aliphatic heterocycles. The molecule has 0 saturated carbocycles. The Balaban J connectivity index is 1.39. The topological polar surface area (TPSA) is 36.9 Å². The van der Waals surface area contributed by atoms with Gasteiger partial charge in [0.15, 0.2) is 0 Å². The summed E-state index contributed by atoms with van der Waals surface area (Å²) < 4.78 is 31.5. The second-order valence-electron chi connectivity index (χ2n) is 18.7. The third kappa shape index (κ3) is 9.48. The predicted molar refractivity (Wildman–Crippen MR) is 250 cm³/mol. The maximum Gasteiger partial charge on any atom is 0.505 e. The highest BCUT2D eigenvalue weighted by molar-refractivity contribution is 7.35. The number of hydrogen-bond acceptors (Lipinski definition) is 8. The molecular formula is C46H70B2O4S4. The lowest BCUT2D eigenvalue weighted by atomic mass is 9.88. The number of fused-ring (bicyclic) bond motifs is 1. The maximum absolute atomic E-state index is 6.53. The van der Waals surface area contributed by atoms with Crippen LogP contribution in [0.5, 0.6) is 0 Å². The summed E-state index contributed by atoms with van der Waals surface area (Å²) in [5, 5.41) is 0. The van der Waals surface area contributed by atoms with E-state index in [9.17, 15) is 0 Å². The first-order valence-corrected chi connectivity index (χ1v) is 25.3. The van der Waals surface area contributed by atoms with Gasteiger partial charge in [-0.3, -0.25) is 0 Å². The minimum Gasteiger partial charge on any atom is -0.399 e. The van der Waals surface area contributed by atoms with E-state index in [0.717, 1.165) is 24.7 Å². The fourth-order valence-corrected chi connectivity index (χ4v) is 13.5. The van der Waals surface area contributed by atoms with Crippen molar-refractivity contribution in [1.29, 1.82) is 0 Å². The first kappa shape index (κ1) is 44.6. The summed E-state index contributed by atoms with van der Waals surface area (Å²) in [7, 11) is -0.656. The zero-order chi connectivity index (χ0) is 40.5. The van der Waals surface area contributed by atoms with Crippen molar-refractivity contribution in [2.24, 2.45) is 11.8 Å². The van der Waals surface area contributed by atoms with Crippen molar-refractivity contribution in [3.8, 4) is 19.5 Å². The van der Waals surface area contributed by atoms with Crippen LogP contribution in [0, 0.1) is 11.8 Å². The molecule has 56 heavy (non-hydrogen) atoms. The van der Waals surface area contributed by atoms with Crippen molar-refractivity contribution in [3.05, 3.63) is 35.4 Å². The summed E-state index contributed by atoms with van der Waals surface area (Å²) in [6.45, 7) is 26.6. The summed E-state index contributed by atoms with van der Waals surface area (Å²) in [5.74, 6) is 1.63. The highest BCUT2D eigenvalue weighted by Gasteiger charge is 2.53. The van der Waals surface area contributed by atoms with Crippen molar-refractivity contribution in [2.45, 2.75) is 195 Å². The number of hydrogen-bond donors (Lipinski definition) is 0. The Morgan fingerprint density at radius 2 is 0.821 bits per heavy atom. The molecule has 10 heteroatoms. The lowest BCUT2D eigenvalue weighted by Crippen LogP contribution is -2.41. The van der Waals surface area contributed by atoms with E-state index in [2.05, 4.69) is 130 Å². The van der Waals surface area contributed by atoms with Gasteiger partial charge < -0.3 is 18.6 Å². The average molecular weight is 837 g/mol. The van der Waals surface area contributed by atoms with E-state index in [1.54, 1.807) is 11.1 Å². The molecule has 2 atom stereocenters. The zero-order valence-electron chi connectivity index (χ0n) is 36.8. The Labute approximate surface area is 357 Å². The van der Waals surface area contributed by atoms with Crippen LogP contribution in [0.2, 0.25) is 0 Å². The van der Waals surface area contributed by atoms with Crippen molar-refractivity contribution < 1.29 is 18.6 Å². The molecule has 6 rings (SSSR count). The molecule has 4 aromatic heterocycles. The molecule has 0 aromatic carbocycles. The Morgan fingerprint density at radius 1 is 0.482 bits per heavy atom. The molecule has 4 nitrogen and oxygen atoms in total. The minimum absolute atomic E-state index is 0.328. The summed E-state index contributed by atoms with van der Waals surface area (Å²) in [6.07, 6.45) is 17.9. The van der Waals surface area contributed by atoms with Crippen LogP contribution in [-0.2, 0) is 31.5 Å². The maximum atomic E-state index is 6.53. The second-order valence-corrected chi connectivity index (χ2v) is 22.9. The predicted octanol–water partition coefficient (Wildman–Crippen LogP) is 14.1. The van der Waals surface area contributed by atoms with Crippen molar-refractivity contribution in [2.75, 3.05) is 0 Å². The Morgan fingerprint density at radius 3 is 1.14 bits per heavy atom. The van der Waals surface area contributed by atoms with Crippen molar-refractivity contribution >= 4 is 78.5 Å². The standard InChI is InChI=1S/C46H70B2O4S4/c1-13-17-21-31(15-3)23-19-25-33-39(35-27-29-37(53-35)47-49-43(5,6)44(7,8)50-47)55-42-34(26-20-24-32(16-4)22-18-14-2)40(56-41(33)42)36-28-30-38(54-36)48-51-45(9,10)46(11,12)52-48/h27-32H,13-26H2,1-12H3. The van der Waals surface area contributed by atoms with Gasteiger partial charge in [0, 0.05) is 38.5 Å². The minimum atomic E-state index is -0.352. The lowest BCUT2D eigenvalue weighted by molar-refractivity contribution is 0.00578. The molecule has 0 amide bonds. The van der Waals surface area contributed by atoms with Crippen molar-refractivity contribution in [3.63, 3.8) is 0 Å². The van der Waals surface area contributed by atoms with Crippen LogP contribution in [0.15, 0.2) is 24.3 Å². The Kier molecular flexibility index (Phi) is 14.6. The van der Waals surface area contributed by atoms with E-state index < -0.39 is 0 Å². The van der Waals surface area contributed by atoms with Gasteiger partial charge in [-0.15, -0.1) is 45.3 Å². The van der Waals surface area contributed by atoms with Gasteiger partial charge in [0.1, 0.15) is 0 Å². The summed E-state index contributed by atoms with van der Waals surface area (Å²) in [6, 6.07) is 9.20. The van der Waals surface area contributed by atoms with Crippen LogP contribution in [0.4, 0.5) is 0 Å². The number of thiophene rings is 4. The van der Waals surface area contributed by atoms with E-state index in [1.807, 2.05) is 22.7 Å². The van der Waals surface area contributed by atoms with Crippen LogP contribution in [-0.4, -0.2) is 36.6 Å². The molecule has 308 valence electrons. The molecule has 0 bridgehead atoms. The van der Waals surface area contributed by atoms with Crippen LogP contribution in [0.1, 0.15) is 171 Å². The van der Waals surface area contributed by atoms with Gasteiger partial charge in [0.05, 0.1) is 22.4 Å². The van der Waals surface area contributed by atoms with E-state index in [1.165, 1.54) is 116 Å². The van der Waals surface area contributed by atoms with E-state index in [0.29, 0.717) is 0 Å². The SMILES string of the molecule is CCCCC(CC)CCCc1c(-c2ccc(B3OC(C)(C)C(C)(C)O3)s2)sc2c(CCCC(CC)CCCC)c(-c3ccc(B4OC(C)(C)C(C)(C)O4)s3)sc12. The summed E-state index contributed by atoms with van der Waals surface area (Å²) in [5.41, 5.74) is 1.72. The Bertz CT molecular complexity index is 1710. The molecule has 6 heterocycles. The third-order valence-corrected chi connectivity index (χ3v) is 18.8. The second kappa shape index (κ2) is 18.3. The van der Waals surface area contributed by atoms with Gasteiger partial charge in [-0.1, -0.05) is 104 Å². The fourth-order valence-electron chi connectivity index (χ4n) is 8.22. The first-order chi connectivity index (χ1) is 26.5. The molecule has 2 saturated heterocycles. The van der Waals surface area contributed by atoms with Crippen LogP contribution >= 0.6 is 45.3 Å². The largest absolute Gasteiger partial charge is 0.505 e. The third-order valence-electron chi connectivity index (χ3n) is 13.5. The number of aryl methyl sites for hydroxylation is 2. The molecule has 2 unspecified atom stereocenters. The van der Waals surface area contributed by atoms with Gasteiger partial charge in [0.25, 0.3) is 0 Å². The quantitative estimate of drug-likeness (QED) is 0.0831. The smallest absolute Gasteiger partial charge is 0.399 e. The molecule has 2 aliphatic rings. The molecule has 0 spiro atoms. The highest BCUT2D eigenvalue weighted by Crippen LogP contribution is 2.51. The lowest BCUT2D eigenvalue weighted by Gasteiger charge is -2.32. The molecule has 4 aromatic rings. The van der Waals surface area contributed by atoms with E-state index in [4.69, 9.17) is 18.6 Å². The van der Waals surface area contributed by atoms with E-state index in [-0.39, 0.29) is 36.6 Å².